The number of hydrogen-bond donors (Lipinski definition) is 1. The predicted molar refractivity (Wildman–Crippen MR) is 109 cm³/mol. The Morgan fingerprint density at radius 1 is 1.04 bits per heavy atom. The second kappa shape index (κ2) is 9.13. The van der Waals surface area contributed by atoms with Gasteiger partial charge in [-0.05, 0) is 37.3 Å². The Balaban J connectivity index is 1.58. The molecule has 5 nitrogen and oxygen atoms in total. The van der Waals surface area contributed by atoms with Gasteiger partial charge in [0.1, 0.15) is 23.0 Å². The SMILES string of the molecule is COc1ccc(OC)c([C@@H](C)NC(=O)CCc2ccc(-c3ccccc3)o2)c1. The number of methoxy groups -OCH3 is 2. The first-order chi connectivity index (χ1) is 13.6. The zero-order valence-electron chi connectivity index (χ0n) is 16.4. The van der Waals surface area contributed by atoms with E-state index in [9.17, 15) is 4.79 Å². The van der Waals surface area contributed by atoms with E-state index in [1.54, 1.807) is 14.2 Å². The molecule has 0 fully saturated rings. The number of benzene rings is 2. The molecule has 3 aromatic rings. The molecule has 3 rings (SSSR count). The summed E-state index contributed by atoms with van der Waals surface area (Å²) in [6, 6.07) is 19.1. The summed E-state index contributed by atoms with van der Waals surface area (Å²) in [6.07, 6.45) is 0.888. The van der Waals surface area contributed by atoms with E-state index in [4.69, 9.17) is 13.9 Å². The minimum atomic E-state index is -0.200. The van der Waals surface area contributed by atoms with Crippen molar-refractivity contribution in [3.63, 3.8) is 0 Å². The summed E-state index contributed by atoms with van der Waals surface area (Å²) in [5.41, 5.74) is 1.90. The van der Waals surface area contributed by atoms with Crippen LogP contribution in [0.3, 0.4) is 0 Å². The molecule has 0 aliphatic rings. The van der Waals surface area contributed by atoms with Crippen molar-refractivity contribution in [1.29, 1.82) is 0 Å². The molecule has 5 heteroatoms. The van der Waals surface area contributed by atoms with Gasteiger partial charge in [0.15, 0.2) is 0 Å². The number of carbonyl (C=O) groups excluding carboxylic acids is 1. The molecule has 1 atom stereocenters. The standard InChI is InChI=1S/C23H25NO4/c1-16(20-15-19(26-2)10-13-22(20)27-3)24-23(25)14-11-18-9-12-21(28-18)17-7-5-4-6-8-17/h4-10,12-13,15-16H,11,14H2,1-3H3,(H,24,25)/t16-/m1/s1. The molecule has 0 saturated carbocycles. The molecule has 1 amide bonds. The van der Waals surface area contributed by atoms with E-state index in [1.165, 1.54) is 0 Å². The van der Waals surface area contributed by atoms with Crippen LogP contribution in [0.25, 0.3) is 11.3 Å². The molecule has 28 heavy (non-hydrogen) atoms. The lowest BCUT2D eigenvalue weighted by atomic mass is 10.1. The Kier molecular flexibility index (Phi) is 6.37. The van der Waals surface area contributed by atoms with Crippen LogP contribution in [0.1, 0.15) is 30.7 Å². The second-order valence-electron chi connectivity index (χ2n) is 6.53. The Morgan fingerprint density at radius 2 is 1.82 bits per heavy atom. The maximum Gasteiger partial charge on any atom is 0.220 e. The summed E-state index contributed by atoms with van der Waals surface area (Å²) in [6.45, 7) is 1.93. The minimum absolute atomic E-state index is 0.0463. The van der Waals surface area contributed by atoms with Crippen LogP contribution in [-0.4, -0.2) is 20.1 Å². The highest BCUT2D eigenvalue weighted by atomic mass is 16.5. The van der Waals surface area contributed by atoms with Gasteiger partial charge in [-0.2, -0.15) is 0 Å². The first kappa shape index (κ1) is 19.5. The van der Waals surface area contributed by atoms with E-state index in [0.717, 1.165) is 28.4 Å². The highest BCUT2D eigenvalue weighted by Crippen LogP contribution is 2.29. The largest absolute Gasteiger partial charge is 0.497 e. The fourth-order valence-electron chi connectivity index (χ4n) is 3.08. The Hall–Kier alpha value is -3.21. The van der Waals surface area contributed by atoms with E-state index < -0.39 is 0 Å². The molecule has 0 radical (unpaired) electrons. The quantitative estimate of drug-likeness (QED) is 0.612. The number of amides is 1. The third-order valence-corrected chi connectivity index (χ3v) is 4.60. The Bertz CT molecular complexity index is 917. The molecule has 0 unspecified atom stereocenters. The number of carbonyl (C=O) groups is 1. The van der Waals surface area contributed by atoms with Gasteiger partial charge in [0.05, 0.1) is 20.3 Å². The van der Waals surface area contributed by atoms with E-state index in [-0.39, 0.29) is 11.9 Å². The van der Waals surface area contributed by atoms with Crippen LogP contribution in [0.4, 0.5) is 0 Å². The van der Waals surface area contributed by atoms with Crippen LogP contribution in [0.15, 0.2) is 65.1 Å². The molecule has 0 aliphatic carbocycles. The van der Waals surface area contributed by atoms with Crippen molar-refractivity contribution < 1.29 is 18.7 Å². The topological polar surface area (TPSA) is 60.7 Å². The Morgan fingerprint density at radius 3 is 2.54 bits per heavy atom. The maximum atomic E-state index is 12.4. The van der Waals surface area contributed by atoms with Crippen molar-refractivity contribution in [3.05, 3.63) is 72.0 Å². The summed E-state index contributed by atoms with van der Waals surface area (Å²) >= 11 is 0. The lowest BCUT2D eigenvalue weighted by Crippen LogP contribution is -2.27. The van der Waals surface area contributed by atoms with Crippen molar-refractivity contribution in [2.24, 2.45) is 0 Å². The van der Waals surface area contributed by atoms with Crippen molar-refractivity contribution in [2.75, 3.05) is 14.2 Å². The van der Waals surface area contributed by atoms with Gasteiger partial charge >= 0.3 is 0 Å². The van der Waals surface area contributed by atoms with Gasteiger partial charge in [0.2, 0.25) is 5.91 Å². The van der Waals surface area contributed by atoms with E-state index in [0.29, 0.717) is 18.6 Å². The van der Waals surface area contributed by atoms with Gasteiger partial charge in [-0.25, -0.2) is 0 Å². The summed E-state index contributed by atoms with van der Waals surface area (Å²) in [5.74, 6) is 2.99. The van der Waals surface area contributed by atoms with Crippen molar-refractivity contribution in [1.82, 2.24) is 5.32 Å². The van der Waals surface area contributed by atoms with Crippen LogP contribution in [-0.2, 0) is 11.2 Å². The van der Waals surface area contributed by atoms with Crippen LogP contribution in [0, 0.1) is 0 Å². The van der Waals surface area contributed by atoms with Gasteiger partial charge in [-0.1, -0.05) is 30.3 Å². The number of nitrogens with one attached hydrogen (secondary N) is 1. The molecule has 0 aliphatic heterocycles. The van der Waals surface area contributed by atoms with Crippen molar-refractivity contribution in [3.8, 4) is 22.8 Å². The molecule has 0 saturated heterocycles. The Labute approximate surface area is 165 Å². The van der Waals surface area contributed by atoms with Crippen LogP contribution in [0.2, 0.25) is 0 Å². The number of hydrogen-bond acceptors (Lipinski definition) is 4. The average Bonchev–Trinajstić information content (AvgIpc) is 3.21. The maximum absolute atomic E-state index is 12.4. The molecule has 0 bridgehead atoms. The molecule has 1 aromatic heterocycles. The van der Waals surface area contributed by atoms with E-state index in [2.05, 4.69) is 5.32 Å². The molecule has 0 spiro atoms. The lowest BCUT2D eigenvalue weighted by molar-refractivity contribution is -0.121. The molecule has 1 heterocycles. The second-order valence-corrected chi connectivity index (χ2v) is 6.53. The molecule has 2 aromatic carbocycles. The smallest absolute Gasteiger partial charge is 0.220 e. The van der Waals surface area contributed by atoms with Crippen LogP contribution in [0.5, 0.6) is 11.5 Å². The summed E-state index contributed by atoms with van der Waals surface area (Å²) in [5, 5.41) is 3.01. The van der Waals surface area contributed by atoms with Crippen molar-refractivity contribution >= 4 is 5.91 Å². The molecular weight excluding hydrogens is 354 g/mol. The summed E-state index contributed by atoms with van der Waals surface area (Å²) in [4.78, 5) is 12.4. The van der Waals surface area contributed by atoms with Gasteiger partial charge < -0.3 is 19.2 Å². The molecule has 1 N–H and O–H groups in total. The number of ether oxygens (including phenoxy) is 2. The minimum Gasteiger partial charge on any atom is -0.497 e. The monoisotopic (exact) mass is 379 g/mol. The van der Waals surface area contributed by atoms with E-state index in [1.807, 2.05) is 67.6 Å². The van der Waals surface area contributed by atoms with Crippen LogP contribution < -0.4 is 14.8 Å². The van der Waals surface area contributed by atoms with Gasteiger partial charge in [-0.3, -0.25) is 4.79 Å². The normalized spacial score (nSPS) is 11.7. The summed E-state index contributed by atoms with van der Waals surface area (Å²) < 4.78 is 16.5. The average molecular weight is 379 g/mol. The molecular formula is C23H25NO4. The first-order valence-corrected chi connectivity index (χ1v) is 9.26. The first-order valence-electron chi connectivity index (χ1n) is 9.26. The third kappa shape index (κ3) is 4.74. The zero-order chi connectivity index (χ0) is 19.9. The highest BCUT2D eigenvalue weighted by Gasteiger charge is 2.16. The van der Waals surface area contributed by atoms with Crippen LogP contribution >= 0.6 is 0 Å². The number of rotatable bonds is 8. The van der Waals surface area contributed by atoms with Gasteiger partial charge in [0, 0.05) is 24.0 Å². The van der Waals surface area contributed by atoms with Gasteiger partial charge in [-0.15, -0.1) is 0 Å². The number of aryl methyl sites for hydroxylation is 1. The molecule has 146 valence electrons. The highest BCUT2D eigenvalue weighted by molar-refractivity contribution is 5.76. The number of furan rings is 1. The summed E-state index contributed by atoms with van der Waals surface area (Å²) in [7, 11) is 3.23. The fourth-order valence-corrected chi connectivity index (χ4v) is 3.08. The third-order valence-electron chi connectivity index (χ3n) is 4.60. The zero-order valence-corrected chi connectivity index (χ0v) is 16.4. The fraction of sp³-hybridized carbons (Fsp3) is 0.261. The van der Waals surface area contributed by atoms with Gasteiger partial charge in [0.25, 0.3) is 0 Å². The van der Waals surface area contributed by atoms with Crippen molar-refractivity contribution in [2.45, 2.75) is 25.8 Å². The lowest BCUT2D eigenvalue weighted by Gasteiger charge is -2.18. The predicted octanol–water partition coefficient (Wildman–Crippen LogP) is 4.77. The van der Waals surface area contributed by atoms with E-state index >= 15 is 0 Å².